The standard InChI is InChI=1S/C13H16BrN3O3S/c1-17-8-11(7-15-17)4-5-16-21(19,20)13-3-2-10(9-18)6-12(13)14/h2-3,6-8,16,18H,4-5,9H2,1H3. The highest BCUT2D eigenvalue weighted by molar-refractivity contribution is 9.10. The Bertz CT molecular complexity index is 728. The van der Waals surface area contributed by atoms with E-state index in [4.69, 9.17) is 5.11 Å². The number of halogens is 1. The monoisotopic (exact) mass is 373 g/mol. The van der Waals surface area contributed by atoms with Crippen LogP contribution in [-0.4, -0.2) is 29.8 Å². The molecule has 8 heteroatoms. The Kier molecular flexibility index (Phi) is 5.15. The highest BCUT2D eigenvalue weighted by Gasteiger charge is 2.17. The van der Waals surface area contributed by atoms with E-state index >= 15 is 0 Å². The zero-order valence-electron chi connectivity index (χ0n) is 11.5. The third-order valence-electron chi connectivity index (χ3n) is 2.93. The molecule has 0 unspecified atom stereocenters. The summed E-state index contributed by atoms with van der Waals surface area (Å²) in [5.41, 5.74) is 1.62. The van der Waals surface area contributed by atoms with Gasteiger partial charge in [0.1, 0.15) is 0 Å². The summed E-state index contributed by atoms with van der Waals surface area (Å²) >= 11 is 3.22. The van der Waals surface area contributed by atoms with Gasteiger partial charge in [-0.3, -0.25) is 4.68 Å². The van der Waals surface area contributed by atoms with E-state index in [1.165, 1.54) is 6.07 Å². The molecular formula is C13H16BrN3O3S. The molecule has 0 saturated carbocycles. The first-order chi connectivity index (χ1) is 9.92. The van der Waals surface area contributed by atoms with Crippen LogP contribution in [0.5, 0.6) is 0 Å². The fourth-order valence-electron chi connectivity index (χ4n) is 1.87. The van der Waals surface area contributed by atoms with Crippen molar-refractivity contribution >= 4 is 26.0 Å². The second kappa shape index (κ2) is 6.69. The van der Waals surface area contributed by atoms with Gasteiger partial charge in [0.05, 0.1) is 17.7 Å². The van der Waals surface area contributed by atoms with Crippen LogP contribution in [0.1, 0.15) is 11.1 Å². The molecular weight excluding hydrogens is 358 g/mol. The summed E-state index contributed by atoms with van der Waals surface area (Å²) in [5.74, 6) is 0. The van der Waals surface area contributed by atoms with Crippen molar-refractivity contribution in [2.24, 2.45) is 7.05 Å². The lowest BCUT2D eigenvalue weighted by Crippen LogP contribution is -2.26. The molecule has 0 aliphatic carbocycles. The Morgan fingerprint density at radius 2 is 2.14 bits per heavy atom. The van der Waals surface area contributed by atoms with Crippen molar-refractivity contribution < 1.29 is 13.5 Å². The number of nitrogens with one attached hydrogen (secondary N) is 1. The van der Waals surface area contributed by atoms with Crippen LogP contribution in [0.4, 0.5) is 0 Å². The van der Waals surface area contributed by atoms with Crippen LogP contribution < -0.4 is 4.72 Å². The predicted octanol–water partition coefficient (Wildman–Crippen LogP) is 1.20. The SMILES string of the molecule is Cn1cc(CCNS(=O)(=O)c2ccc(CO)cc2Br)cn1. The number of aliphatic hydroxyl groups excluding tert-OH is 1. The third-order valence-corrected chi connectivity index (χ3v) is 5.37. The number of rotatable bonds is 6. The minimum absolute atomic E-state index is 0.132. The van der Waals surface area contributed by atoms with Gasteiger partial charge in [0.2, 0.25) is 10.0 Å². The van der Waals surface area contributed by atoms with Crippen molar-refractivity contribution in [1.82, 2.24) is 14.5 Å². The number of aliphatic hydroxyl groups is 1. The van der Waals surface area contributed by atoms with E-state index in [1.54, 1.807) is 23.0 Å². The van der Waals surface area contributed by atoms with E-state index in [9.17, 15) is 8.42 Å². The molecule has 114 valence electrons. The number of hydrogen-bond acceptors (Lipinski definition) is 4. The molecule has 1 heterocycles. The van der Waals surface area contributed by atoms with Gasteiger partial charge >= 0.3 is 0 Å². The van der Waals surface area contributed by atoms with Crippen molar-refractivity contribution in [3.8, 4) is 0 Å². The van der Waals surface area contributed by atoms with Crippen LogP contribution in [0.3, 0.4) is 0 Å². The molecule has 2 N–H and O–H groups in total. The van der Waals surface area contributed by atoms with Crippen molar-refractivity contribution in [2.75, 3.05) is 6.54 Å². The second-order valence-electron chi connectivity index (χ2n) is 4.59. The Hall–Kier alpha value is -1.22. The van der Waals surface area contributed by atoms with E-state index in [0.29, 0.717) is 23.0 Å². The van der Waals surface area contributed by atoms with Gasteiger partial charge in [0.25, 0.3) is 0 Å². The zero-order chi connectivity index (χ0) is 15.5. The molecule has 0 aliphatic heterocycles. The van der Waals surface area contributed by atoms with Crippen molar-refractivity contribution in [3.05, 3.63) is 46.2 Å². The normalized spacial score (nSPS) is 11.8. The Labute approximate surface area is 132 Å². The van der Waals surface area contributed by atoms with Crippen LogP contribution in [0.15, 0.2) is 40.0 Å². The molecule has 0 aliphatic rings. The molecule has 2 rings (SSSR count). The molecule has 1 aromatic carbocycles. The third kappa shape index (κ3) is 4.13. The van der Waals surface area contributed by atoms with Crippen molar-refractivity contribution in [3.63, 3.8) is 0 Å². The molecule has 1 aromatic heterocycles. The zero-order valence-corrected chi connectivity index (χ0v) is 13.9. The highest BCUT2D eigenvalue weighted by atomic mass is 79.9. The van der Waals surface area contributed by atoms with E-state index in [-0.39, 0.29) is 11.5 Å². The van der Waals surface area contributed by atoms with Gasteiger partial charge in [-0.05, 0) is 45.6 Å². The number of aryl methyl sites for hydroxylation is 1. The summed E-state index contributed by atoms with van der Waals surface area (Å²) in [6.07, 6.45) is 4.12. The predicted molar refractivity (Wildman–Crippen MR) is 82.2 cm³/mol. The maximum atomic E-state index is 12.2. The molecule has 0 amide bonds. The number of nitrogens with zero attached hydrogens (tertiary/aromatic N) is 2. The smallest absolute Gasteiger partial charge is 0.241 e. The summed E-state index contributed by atoms with van der Waals surface area (Å²) in [6, 6.07) is 4.65. The number of hydrogen-bond donors (Lipinski definition) is 2. The lowest BCUT2D eigenvalue weighted by Gasteiger charge is -2.09. The Morgan fingerprint density at radius 3 is 2.71 bits per heavy atom. The van der Waals surface area contributed by atoms with Gasteiger partial charge in [0, 0.05) is 24.3 Å². The first-order valence-electron chi connectivity index (χ1n) is 6.29. The van der Waals surface area contributed by atoms with E-state index in [2.05, 4.69) is 25.8 Å². The molecule has 21 heavy (non-hydrogen) atoms. The Morgan fingerprint density at radius 1 is 1.38 bits per heavy atom. The average Bonchev–Trinajstić information content (AvgIpc) is 2.83. The first kappa shape index (κ1) is 16.2. The van der Waals surface area contributed by atoms with E-state index < -0.39 is 10.0 Å². The average molecular weight is 374 g/mol. The van der Waals surface area contributed by atoms with Crippen LogP contribution in [0.2, 0.25) is 0 Å². The number of benzene rings is 1. The van der Waals surface area contributed by atoms with Gasteiger partial charge in [-0.25, -0.2) is 13.1 Å². The molecule has 0 radical (unpaired) electrons. The van der Waals surface area contributed by atoms with Gasteiger partial charge in [-0.2, -0.15) is 5.10 Å². The molecule has 0 bridgehead atoms. The van der Waals surface area contributed by atoms with E-state index in [1.807, 2.05) is 13.2 Å². The highest BCUT2D eigenvalue weighted by Crippen LogP contribution is 2.23. The van der Waals surface area contributed by atoms with Gasteiger partial charge < -0.3 is 5.11 Å². The topological polar surface area (TPSA) is 84.2 Å². The molecule has 6 nitrogen and oxygen atoms in total. The van der Waals surface area contributed by atoms with Gasteiger partial charge in [0.15, 0.2) is 0 Å². The summed E-state index contributed by atoms with van der Waals surface area (Å²) < 4.78 is 29.1. The summed E-state index contributed by atoms with van der Waals surface area (Å²) in [7, 11) is -1.77. The molecule has 0 saturated heterocycles. The summed E-state index contributed by atoms with van der Waals surface area (Å²) in [4.78, 5) is 0.158. The lowest BCUT2D eigenvalue weighted by molar-refractivity contribution is 0.281. The maximum Gasteiger partial charge on any atom is 0.241 e. The van der Waals surface area contributed by atoms with Gasteiger partial charge in [-0.15, -0.1) is 0 Å². The number of sulfonamides is 1. The number of aromatic nitrogens is 2. The van der Waals surface area contributed by atoms with Crippen LogP contribution >= 0.6 is 15.9 Å². The molecule has 0 spiro atoms. The van der Waals surface area contributed by atoms with Gasteiger partial charge in [-0.1, -0.05) is 6.07 Å². The van der Waals surface area contributed by atoms with Crippen LogP contribution in [0, 0.1) is 0 Å². The Balaban J connectivity index is 2.04. The largest absolute Gasteiger partial charge is 0.392 e. The quantitative estimate of drug-likeness (QED) is 0.796. The lowest BCUT2D eigenvalue weighted by atomic mass is 10.2. The fraction of sp³-hybridized carbons (Fsp3) is 0.308. The summed E-state index contributed by atoms with van der Waals surface area (Å²) in [6.45, 7) is 0.162. The fourth-order valence-corrected chi connectivity index (χ4v) is 4.02. The minimum atomic E-state index is -3.58. The van der Waals surface area contributed by atoms with Crippen LogP contribution in [0.25, 0.3) is 0 Å². The van der Waals surface area contributed by atoms with E-state index in [0.717, 1.165) is 5.56 Å². The first-order valence-corrected chi connectivity index (χ1v) is 8.56. The van der Waals surface area contributed by atoms with Crippen molar-refractivity contribution in [2.45, 2.75) is 17.9 Å². The van der Waals surface area contributed by atoms with Crippen molar-refractivity contribution in [1.29, 1.82) is 0 Å². The van der Waals surface area contributed by atoms with Crippen LogP contribution in [-0.2, 0) is 30.1 Å². The molecule has 0 fully saturated rings. The molecule has 2 aromatic rings. The maximum absolute atomic E-state index is 12.2. The molecule has 0 atom stereocenters. The minimum Gasteiger partial charge on any atom is -0.392 e. The second-order valence-corrected chi connectivity index (χ2v) is 7.18. The summed E-state index contributed by atoms with van der Waals surface area (Å²) in [5, 5.41) is 13.1.